The van der Waals surface area contributed by atoms with Crippen LogP contribution in [-0.4, -0.2) is 36.5 Å². The Kier molecular flexibility index (Phi) is 6.11. The molecule has 1 aromatic carbocycles. The van der Waals surface area contributed by atoms with E-state index < -0.39 is 0 Å². The lowest BCUT2D eigenvalue weighted by atomic mass is 10.2. The van der Waals surface area contributed by atoms with Crippen LogP contribution >= 0.6 is 0 Å². The normalized spacial score (nSPS) is 9.96. The molecule has 0 saturated heterocycles. The molecule has 0 aliphatic rings. The van der Waals surface area contributed by atoms with Gasteiger partial charge in [-0.2, -0.15) is 0 Å². The van der Waals surface area contributed by atoms with E-state index in [-0.39, 0.29) is 18.4 Å². The third-order valence-electron chi connectivity index (χ3n) is 3.02. The number of ether oxygens (including phenoxy) is 1. The van der Waals surface area contributed by atoms with Crippen LogP contribution in [0.1, 0.15) is 16.1 Å². The zero-order valence-electron chi connectivity index (χ0n) is 12.9. The van der Waals surface area contributed by atoms with Gasteiger partial charge in [0, 0.05) is 19.3 Å². The number of hydrogen-bond donors (Lipinski definition) is 2. The van der Waals surface area contributed by atoms with Crippen molar-refractivity contribution in [2.75, 3.05) is 19.7 Å². The molecule has 2 rings (SSSR count). The van der Waals surface area contributed by atoms with E-state index in [2.05, 4.69) is 15.6 Å². The quantitative estimate of drug-likeness (QED) is 0.755. The van der Waals surface area contributed by atoms with Crippen molar-refractivity contribution < 1.29 is 14.3 Å². The van der Waals surface area contributed by atoms with Gasteiger partial charge in [-0.05, 0) is 31.2 Å². The van der Waals surface area contributed by atoms with E-state index in [1.807, 2.05) is 31.2 Å². The number of carbonyl (C=O) groups excluding carboxylic acids is 2. The first-order valence-corrected chi connectivity index (χ1v) is 7.30. The van der Waals surface area contributed by atoms with E-state index in [0.717, 1.165) is 5.56 Å². The molecule has 0 unspecified atom stereocenters. The summed E-state index contributed by atoms with van der Waals surface area (Å²) in [6.45, 7) is 2.58. The first-order valence-electron chi connectivity index (χ1n) is 7.30. The van der Waals surface area contributed by atoms with Crippen LogP contribution in [0.25, 0.3) is 0 Å². The maximum Gasteiger partial charge on any atom is 0.269 e. The first-order chi connectivity index (χ1) is 11.1. The van der Waals surface area contributed by atoms with Crippen molar-refractivity contribution in [2.24, 2.45) is 0 Å². The van der Waals surface area contributed by atoms with Crippen LogP contribution in [0.15, 0.2) is 48.7 Å². The molecule has 0 bridgehead atoms. The van der Waals surface area contributed by atoms with E-state index in [9.17, 15) is 9.59 Å². The summed E-state index contributed by atoms with van der Waals surface area (Å²) in [6.07, 6.45) is 1.55. The monoisotopic (exact) mass is 313 g/mol. The van der Waals surface area contributed by atoms with Gasteiger partial charge in [0.2, 0.25) is 0 Å². The molecule has 0 saturated carbocycles. The van der Waals surface area contributed by atoms with Crippen LogP contribution in [0.5, 0.6) is 5.75 Å². The molecular formula is C17H19N3O3. The number of nitrogens with zero attached hydrogens (tertiary/aromatic N) is 1. The van der Waals surface area contributed by atoms with Gasteiger partial charge in [-0.3, -0.25) is 14.6 Å². The number of amides is 2. The van der Waals surface area contributed by atoms with Crippen LogP contribution in [-0.2, 0) is 4.79 Å². The summed E-state index contributed by atoms with van der Waals surface area (Å²) < 4.78 is 5.36. The van der Waals surface area contributed by atoms with Gasteiger partial charge in [0.1, 0.15) is 11.4 Å². The molecule has 6 nitrogen and oxygen atoms in total. The van der Waals surface area contributed by atoms with Crippen molar-refractivity contribution in [1.82, 2.24) is 15.6 Å². The van der Waals surface area contributed by atoms with Gasteiger partial charge in [-0.15, -0.1) is 0 Å². The van der Waals surface area contributed by atoms with Gasteiger partial charge in [0.05, 0.1) is 0 Å². The van der Waals surface area contributed by atoms with Crippen molar-refractivity contribution in [3.8, 4) is 5.75 Å². The topological polar surface area (TPSA) is 80.3 Å². The van der Waals surface area contributed by atoms with Gasteiger partial charge < -0.3 is 15.4 Å². The molecule has 0 radical (unpaired) electrons. The Bertz CT molecular complexity index is 642. The smallest absolute Gasteiger partial charge is 0.269 e. The van der Waals surface area contributed by atoms with Crippen LogP contribution in [0.4, 0.5) is 0 Å². The number of hydrogen-bond acceptors (Lipinski definition) is 4. The maximum absolute atomic E-state index is 11.7. The van der Waals surface area contributed by atoms with Crippen molar-refractivity contribution in [1.29, 1.82) is 0 Å². The minimum Gasteiger partial charge on any atom is -0.484 e. The number of benzene rings is 1. The highest BCUT2D eigenvalue weighted by Crippen LogP contribution is 2.10. The molecule has 0 aliphatic carbocycles. The first kappa shape index (κ1) is 16.5. The summed E-state index contributed by atoms with van der Waals surface area (Å²) in [6, 6.07) is 12.6. The fraction of sp³-hybridized carbons (Fsp3) is 0.235. The van der Waals surface area contributed by atoms with Crippen molar-refractivity contribution in [3.63, 3.8) is 0 Å². The number of nitrogens with one attached hydrogen (secondary N) is 2. The summed E-state index contributed by atoms with van der Waals surface area (Å²) in [5.41, 5.74) is 1.48. The van der Waals surface area contributed by atoms with Crippen LogP contribution in [0, 0.1) is 6.92 Å². The molecule has 120 valence electrons. The standard InChI is InChI=1S/C17H19N3O3/c1-13-5-7-14(8-6-13)23-12-16(21)19-10-11-20-17(22)15-4-2-3-9-18-15/h2-9H,10-12H2,1H3,(H,19,21)(H,20,22). The van der Waals surface area contributed by atoms with E-state index in [1.165, 1.54) is 0 Å². The molecule has 2 aromatic rings. The van der Waals surface area contributed by atoms with Gasteiger partial charge >= 0.3 is 0 Å². The largest absolute Gasteiger partial charge is 0.484 e. The number of pyridine rings is 1. The summed E-state index contributed by atoms with van der Waals surface area (Å²) >= 11 is 0. The summed E-state index contributed by atoms with van der Waals surface area (Å²) in [5.74, 6) is 0.141. The zero-order chi connectivity index (χ0) is 16.5. The maximum atomic E-state index is 11.7. The van der Waals surface area contributed by atoms with Crippen molar-refractivity contribution >= 4 is 11.8 Å². The lowest BCUT2D eigenvalue weighted by molar-refractivity contribution is -0.123. The molecule has 0 atom stereocenters. The van der Waals surface area contributed by atoms with Gasteiger partial charge in [0.25, 0.3) is 11.8 Å². The molecule has 23 heavy (non-hydrogen) atoms. The predicted molar refractivity (Wildman–Crippen MR) is 86.3 cm³/mol. The number of aryl methyl sites for hydroxylation is 1. The average molecular weight is 313 g/mol. The third kappa shape index (κ3) is 5.78. The average Bonchev–Trinajstić information content (AvgIpc) is 2.59. The molecular weight excluding hydrogens is 294 g/mol. The summed E-state index contributed by atoms with van der Waals surface area (Å²) in [5, 5.41) is 5.35. The Morgan fingerprint density at radius 2 is 1.78 bits per heavy atom. The fourth-order valence-electron chi connectivity index (χ4n) is 1.80. The third-order valence-corrected chi connectivity index (χ3v) is 3.02. The molecule has 0 aliphatic heterocycles. The van der Waals surface area contributed by atoms with Gasteiger partial charge in [0.15, 0.2) is 6.61 Å². The van der Waals surface area contributed by atoms with Crippen molar-refractivity contribution in [2.45, 2.75) is 6.92 Å². The Balaban J connectivity index is 1.61. The predicted octanol–water partition coefficient (Wildman–Crippen LogP) is 1.32. The highest BCUT2D eigenvalue weighted by molar-refractivity contribution is 5.92. The SMILES string of the molecule is Cc1ccc(OCC(=O)NCCNC(=O)c2ccccn2)cc1. The van der Waals surface area contributed by atoms with Crippen LogP contribution in [0.3, 0.4) is 0 Å². The van der Waals surface area contributed by atoms with Gasteiger partial charge in [-0.1, -0.05) is 23.8 Å². The molecule has 0 spiro atoms. The Morgan fingerprint density at radius 1 is 1.04 bits per heavy atom. The molecule has 1 aromatic heterocycles. The number of carbonyl (C=O) groups is 2. The van der Waals surface area contributed by atoms with E-state index in [1.54, 1.807) is 24.4 Å². The van der Waals surface area contributed by atoms with E-state index in [4.69, 9.17) is 4.74 Å². The lowest BCUT2D eigenvalue weighted by Gasteiger charge is -2.08. The van der Waals surface area contributed by atoms with Crippen LogP contribution < -0.4 is 15.4 Å². The zero-order valence-corrected chi connectivity index (χ0v) is 12.9. The molecule has 2 N–H and O–H groups in total. The fourth-order valence-corrected chi connectivity index (χ4v) is 1.80. The second kappa shape index (κ2) is 8.53. The second-order valence-corrected chi connectivity index (χ2v) is 4.92. The molecule has 6 heteroatoms. The lowest BCUT2D eigenvalue weighted by Crippen LogP contribution is -2.37. The Morgan fingerprint density at radius 3 is 2.48 bits per heavy atom. The summed E-state index contributed by atoms with van der Waals surface area (Å²) in [7, 11) is 0. The number of aromatic nitrogens is 1. The minimum absolute atomic E-state index is 0.0583. The minimum atomic E-state index is -0.268. The van der Waals surface area contributed by atoms with Crippen LogP contribution in [0.2, 0.25) is 0 Å². The Hall–Kier alpha value is -2.89. The highest BCUT2D eigenvalue weighted by Gasteiger charge is 2.06. The highest BCUT2D eigenvalue weighted by atomic mass is 16.5. The van der Waals surface area contributed by atoms with Gasteiger partial charge in [-0.25, -0.2) is 0 Å². The molecule has 2 amide bonds. The number of rotatable bonds is 7. The van der Waals surface area contributed by atoms with E-state index in [0.29, 0.717) is 24.5 Å². The Labute approximate surface area is 134 Å². The molecule has 1 heterocycles. The second-order valence-electron chi connectivity index (χ2n) is 4.92. The summed E-state index contributed by atoms with van der Waals surface area (Å²) in [4.78, 5) is 27.3. The van der Waals surface area contributed by atoms with Crippen molar-refractivity contribution in [3.05, 3.63) is 59.9 Å². The molecule has 0 fully saturated rings. The van der Waals surface area contributed by atoms with E-state index >= 15 is 0 Å².